The summed E-state index contributed by atoms with van der Waals surface area (Å²) in [6, 6.07) is 5.64. The van der Waals surface area contributed by atoms with Crippen LogP contribution in [0.2, 0.25) is 0 Å². The van der Waals surface area contributed by atoms with E-state index in [1.165, 1.54) is 0 Å². The highest BCUT2D eigenvalue weighted by Gasteiger charge is 2.27. The lowest BCUT2D eigenvalue weighted by molar-refractivity contribution is -0.138. The van der Waals surface area contributed by atoms with Crippen molar-refractivity contribution in [2.75, 3.05) is 19.9 Å². The second-order valence-corrected chi connectivity index (χ2v) is 4.97. The first-order valence-corrected chi connectivity index (χ1v) is 6.59. The molecule has 0 aliphatic carbocycles. The molecule has 1 aromatic carbocycles. The number of carboxylic acid groups (broad SMARTS) is 1. The van der Waals surface area contributed by atoms with Gasteiger partial charge in [-0.25, -0.2) is 0 Å². The number of hydrogen-bond acceptors (Lipinski definition) is 4. The number of likely N-dealkylation sites (tertiary alicyclic amines) is 1. The van der Waals surface area contributed by atoms with Gasteiger partial charge in [0.15, 0.2) is 11.5 Å². The molecule has 0 amide bonds. The molecule has 1 atom stereocenters. The Balaban J connectivity index is 1.87. The quantitative estimate of drug-likeness (QED) is 0.900. The highest BCUT2D eigenvalue weighted by Crippen LogP contribution is 2.37. The topological polar surface area (TPSA) is 59.0 Å². The summed E-state index contributed by atoms with van der Waals surface area (Å²) < 4.78 is 10.7. The molecule has 19 heavy (non-hydrogen) atoms. The minimum absolute atomic E-state index is 0.0745. The molecule has 1 saturated heterocycles. The zero-order chi connectivity index (χ0) is 13.2. The van der Waals surface area contributed by atoms with Crippen LogP contribution < -0.4 is 9.47 Å². The van der Waals surface area contributed by atoms with E-state index in [1.807, 2.05) is 18.2 Å². The molecule has 2 aliphatic heterocycles. The van der Waals surface area contributed by atoms with Crippen molar-refractivity contribution in [3.63, 3.8) is 0 Å². The van der Waals surface area contributed by atoms with Crippen molar-refractivity contribution in [2.45, 2.75) is 25.3 Å². The van der Waals surface area contributed by atoms with Gasteiger partial charge >= 0.3 is 5.97 Å². The lowest BCUT2D eigenvalue weighted by atomic mass is 10.0. The van der Waals surface area contributed by atoms with E-state index >= 15 is 0 Å². The third kappa shape index (κ3) is 2.51. The Kier molecular flexibility index (Phi) is 3.29. The van der Waals surface area contributed by atoms with Gasteiger partial charge in [0.1, 0.15) is 0 Å². The monoisotopic (exact) mass is 263 g/mol. The number of aliphatic carboxylic acids is 1. The standard InChI is InChI=1S/C14H17NO4/c16-14(17)8-11(15-5-1-2-6-15)10-3-4-12-13(7-10)19-9-18-12/h3-4,7,11H,1-2,5-6,8-9H2,(H,16,17). The van der Waals surface area contributed by atoms with E-state index in [4.69, 9.17) is 14.6 Å². The molecule has 0 spiro atoms. The number of ether oxygens (including phenoxy) is 2. The van der Waals surface area contributed by atoms with Crippen LogP contribution in [0.3, 0.4) is 0 Å². The van der Waals surface area contributed by atoms with Gasteiger partial charge in [-0.15, -0.1) is 0 Å². The van der Waals surface area contributed by atoms with Gasteiger partial charge in [0.05, 0.1) is 6.42 Å². The smallest absolute Gasteiger partial charge is 0.305 e. The Morgan fingerprint density at radius 2 is 2.00 bits per heavy atom. The summed E-state index contributed by atoms with van der Waals surface area (Å²) in [5, 5.41) is 9.12. The zero-order valence-corrected chi connectivity index (χ0v) is 10.7. The summed E-state index contributed by atoms with van der Waals surface area (Å²) >= 11 is 0. The largest absolute Gasteiger partial charge is 0.481 e. The SMILES string of the molecule is O=C(O)CC(c1ccc2c(c1)OCO2)N1CCCC1. The zero-order valence-electron chi connectivity index (χ0n) is 10.7. The summed E-state index contributed by atoms with van der Waals surface area (Å²) in [5.41, 5.74) is 0.994. The van der Waals surface area contributed by atoms with Crippen molar-refractivity contribution < 1.29 is 19.4 Å². The minimum Gasteiger partial charge on any atom is -0.481 e. The molecule has 0 bridgehead atoms. The Hall–Kier alpha value is -1.75. The van der Waals surface area contributed by atoms with Crippen molar-refractivity contribution in [1.82, 2.24) is 4.90 Å². The molecule has 2 aliphatic rings. The maximum Gasteiger partial charge on any atom is 0.305 e. The van der Waals surface area contributed by atoms with Gasteiger partial charge in [-0.1, -0.05) is 6.07 Å². The number of rotatable bonds is 4. The number of fused-ring (bicyclic) bond motifs is 1. The van der Waals surface area contributed by atoms with Crippen LogP contribution in [0.1, 0.15) is 30.9 Å². The molecular weight excluding hydrogens is 246 g/mol. The van der Waals surface area contributed by atoms with Crippen molar-refractivity contribution in [3.8, 4) is 11.5 Å². The van der Waals surface area contributed by atoms with Gasteiger partial charge < -0.3 is 14.6 Å². The molecule has 0 radical (unpaired) electrons. The van der Waals surface area contributed by atoms with Crippen LogP contribution in [-0.2, 0) is 4.79 Å². The van der Waals surface area contributed by atoms with Crippen LogP contribution in [0.25, 0.3) is 0 Å². The number of hydrogen-bond donors (Lipinski definition) is 1. The molecule has 0 saturated carbocycles. The van der Waals surface area contributed by atoms with Gasteiger partial charge in [-0.2, -0.15) is 0 Å². The molecular formula is C14H17NO4. The Morgan fingerprint density at radius 3 is 2.74 bits per heavy atom. The Bertz CT molecular complexity index is 482. The van der Waals surface area contributed by atoms with Gasteiger partial charge in [-0.05, 0) is 43.6 Å². The fourth-order valence-corrected chi connectivity index (χ4v) is 2.80. The first kappa shape index (κ1) is 12.3. The molecule has 1 N–H and O–H groups in total. The Labute approximate surface area is 111 Å². The van der Waals surface area contributed by atoms with Crippen molar-refractivity contribution in [1.29, 1.82) is 0 Å². The highest BCUT2D eigenvalue weighted by atomic mass is 16.7. The van der Waals surface area contributed by atoms with Crippen LogP contribution >= 0.6 is 0 Å². The van der Waals surface area contributed by atoms with Gasteiger partial charge in [-0.3, -0.25) is 9.69 Å². The minimum atomic E-state index is -0.769. The molecule has 2 heterocycles. The first-order valence-electron chi connectivity index (χ1n) is 6.59. The van der Waals surface area contributed by atoms with E-state index in [9.17, 15) is 4.79 Å². The normalized spacial score (nSPS) is 19.6. The number of carbonyl (C=O) groups is 1. The van der Waals surface area contributed by atoms with E-state index in [0.29, 0.717) is 5.75 Å². The second-order valence-electron chi connectivity index (χ2n) is 4.97. The molecule has 1 aromatic rings. The van der Waals surface area contributed by atoms with Gasteiger partial charge in [0.25, 0.3) is 0 Å². The van der Waals surface area contributed by atoms with Crippen LogP contribution in [-0.4, -0.2) is 35.9 Å². The lowest BCUT2D eigenvalue weighted by Gasteiger charge is -2.26. The van der Waals surface area contributed by atoms with Crippen LogP contribution in [0, 0.1) is 0 Å². The average Bonchev–Trinajstić information content (AvgIpc) is 3.06. The number of carboxylic acids is 1. The van der Waals surface area contributed by atoms with Crippen molar-refractivity contribution in [3.05, 3.63) is 23.8 Å². The predicted octanol–water partition coefficient (Wildman–Crippen LogP) is 2.03. The summed E-state index contributed by atoms with van der Waals surface area (Å²) in [6.07, 6.45) is 2.40. The number of nitrogens with zero attached hydrogens (tertiary/aromatic N) is 1. The van der Waals surface area contributed by atoms with Crippen LogP contribution in [0.5, 0.6) is 11.5 Å². The molecule has 5 heteroatoms. The van der Waals surface area contributed by atoms with Crippen LogP contribution in [0.4, 0.5) is 0 Å². The second kappa shape index (κ2) is 5.09. The summed E-state index contributed by atoms with van der Waals surface area (Å²) in [7, 11) is 0. The molecule has 5 nitrogen and oxygen atoms in total. The number of benzene rings is 1. The van der Waals surface area contributed by atoms with Gasteiger partial charge in [0.2, 0.25) is 6.79 Å². The molecule has 0 aromatic heterocycles. The molecule has 1 fully saturated rings. The third-order valence-electron chi connectivity index (χ3n) is 3.73. The van der Waals surface area contributed by atoms with E-state index < -0.39 is 5.97 Å². The average molecular weight is 263 g/mol. The van der Waals surface area contributed by atoms with Crippen molar-refractivity contribution >= 4 is 5.97 Å². The highest BCUT2D eigenvalue weighted by molar-refractivity contribution is 5.68. The fourth-order valence-electron chi connectivity index (χ4n) is 2.80. The maximum absolute atomic E-state index is 11.1. The van der Waals surface area contributed by atoms with E-state index in [0.717, 1.165) is 37.2 Å². The van der Waals surface area contributed by atoms with Crippen molar-refractivity contribution in [2.24, 2.45) is 0 Å². The molecule has 102 valence electrons. The van der Waals surface area contributed by atoms with E-state index in [-0.39, 0.29) is 19.3 Å². The van der Waals surface area contributed by atoms with Crippen LogP contribution in [0.15, 0.2) is 18.2 Å². The van der Waals surface area contributed by atoms with Gasteiger partial charge in [0, 0.05) is 6.04 Å². The summed E-state index contributed by atoms with van der Waals surface area (Å²) in [6.45, 7) is 2.17. The maximum atomic E-state index is 11.1. The fraction of sp³-hybridized carbons (Fsp3) is 0.500. The molecule has 1 unspecified atom stereocenters. The third-order valence-corrected chi connectivity index (χ3v) is 3.73. The lowest BCUT2D eigenvalue weighted by Crippen LogP contribution is -2.27. The summed E-state index contributed by atoms with van der Waals surface area (Å²) in [5.74, 6) is 0.681. The summed E-state index contributed by atoms with van der Waals surface area (Å²) in [4.78, 5) is 13.3. The first-order chi connectivity index (χ1) is 9.24. The predicted molar refractivity (Wildman–Crippen MR) is 68.4 cm³/mol. The Morgan fingerprint density at radius 1 is 1.26 bits per heavy atom. The van der Waals surface area contributed by atoms with E-state index in [2.05, 4.69) is 4.90 Å². The van der Waals surface area contributed by atoms with E-state index in [1.54, 1.807) is 0 Å². The molecule has 3 rings (SSSR count).